The molecule has 0 heterocycles. The summed E-state index contributed by atoms with van der Waals surface area (Å²) in [6.45, 7) is -0.00741. The topological polar surface area (TPSA) is 83.5 Å². The van der Waals surface area contributed by atoms with E-state index in [1.165, 1.54) is 18.2 Å². The highest BCUT2D eigenvalue weighted by Gasteiger charge is 2.13. The van der Waals surface area contributed by atoms with Crippen LogP contribution in [0.2, 0.25) is 0 Å². The van der Waals surface area contributed by atoms with Crippen molar-refractivity contribution in [3.63, 3.8) is 0 Å². The third-order valence-corrected chi connectivity index (χ3v) is 2.45. The number of hydrogen-bond donors (Lipinski definition) is 2. The summed E-state index contributed by atoms with van der Waals surface area (Å²) >= 11 is 0. The largest absolute Gasteiger partial charge is 0.377 e. The Balaban J connectivity index is 3.10. The number of anilines is 1. The van der Waals surface area contributed by atoms with Gasteiger partial charge >= 0.3 is 0 Å². The van der Waals surface area contributed by atoms with Crippen LogP contribution in [0.3, 0.4) is 0 Å². The molecule has 0 aromatic heterocycles. The van der Waals surface area contributed by atoms with E-state index in [-0.39, 0.29) is 17.1 Å². The minimum atomic E-state index is -4.24. The summed E-state index contributed by atoms with van der Waals surface area (Å²) in [5.74, 6) is 0. The highest BCUT2D eigenvalue weighted by molar-refractivity contribution is 7.86. The van der Waals surface area contributed by atoms with E-state index in [2.05, 4.69) is 5.32 Å². The normalized spacial score (nSPS) is 10.9. The van der Waals surface area contributed by atoms with Crippen molar-refractivity contribution in [1.29, 1.82) is 0 Å². The third kappa shape index (κ3) is 2.54. The van der Waals surface area contributed by atoms with Crippen molar-refractivity contribution >= 4 is 22.1 Å². The Morgan fingerprint density at radius 3 is 2.57 bits per heavy atom. The SMILES string of the molecule is O=CCNc1ccccc1S(=O)(=O)O. The maximum atomic E-state index is 10.8. The van der Waals surface area contributed by atoms with Gasteiger partial charge in [-0.1, -0.05) is 12.1 Å². The van der Waals surface area contributed by atoms with E-state index in [1.54, 1.807) is 6.07 Å². The molecule has 5 nitrogen and oxygen atoms in total. The number of nitrogens with one attached hydrogen (secondary N) is 1. The standard InChI is InChI=1S/C8H9NO4S/c10-6-5-9-7-3-1-2-4-8(7)14(11,12)13/h1-4,6,9H,5H2,(H,11,12,13). The van der Waals surface area contributed by atoms with Gasteiger partial charge in [-0.05, 0) is 12.1 Å². The van der Waals surface area contributed by atoms with Crippen LogP contribution < -0.4 is 5.32 Å². The van der Waals surface area contributed by atoms with Gasteiger partial charge in [0.2, 0.25) is 0 Å². The smallest absolute Gasteiger partial charge is 0.296 e. The van der Waals surface area contributed by atoms with E-state index >= 15 is 0 Å². The summed E-state index contributed by atoms with van der Waals surface area (Å²) in [5.41, 5.74) is 0.210. The van der Waals surface area contributed by atoms with Crippen molar-refractivity contribution in [1.82, 2.24) is 0 Å². The molecule has 1 aromatic carbocycles. The number of benzene rings is 1. The van der Waals surface area contributed by atoms with E-state index in [4.69, 9.17) is 4.55 Å². The van der Waals surface area contributed by atoms with Gasteiger partial charge < -0.3 is 10.1 Å². The van der Waals surface area contributed by atoms with Gasteiger partial charge in [-0.15, -0.1) is 0 Å². The molecular weight excluding hydrogens is 206 g/mol. The van der Waals surface area contributed by atoms with Gasteiger partial charge in [0.25, 0.3) is 10.1 Å². The summed E-state index contributed by atoms with van der Waals surface area (Å²) in [6.07, 6.45) is 0.598. The lowest BCUT2D eigenvalue weighted by Gasteiger charge is -2.06. The van der Waals surface area contributed by atoms with Gasteiger partial charge in [0.15, 0.2) is 0 Å². The van der Waals surface area contributed by atoms with Crippen LogP contribution in [0.1, 0.15) is 0 Å². The number of carbonyl (C=O) groups excluding carboxylic acids is 1. The van der Waals surface area contributed by atoms with Crippen LogP contribution in [0.4, 0.5) is 5.69 Å². The lowest BCUT2D eigenvalue weighted by Crippen LogP contribution is -2.08. The van der Waals surface area contributed by atoms with Gasteiger partial charge in [-0.25, -0.2) is 0 Å². The fourth-order valence-electron chi connectivity index (χ4n) is 0.989. The molecule has 0 aliphatic rings. The molecule has 0 aliphatic heterocycles. The average Bonchev–Trinajstić information content (AvgIpc) is 2.14. The minimum absolute atomic E-state index is 0.00741. The molecule has 0 amide bonds. The molecule has 1 rings (SSSR count). The molecule has 6 heteroatoms. The number of rotatable bonds is 4. The second-order valence-electron chi connectivity index (χ2n) is 2.52. The van der Waals surface area contributed by atoms with Gasteiger partial charge in [-0.3, -0.25) is 4.55 Å². The monoisotopic (exact) mass is 215 g/mol. The molecule has 0 saturated heterocycles. The summed E-state index contributed by atoms with van der Waals surface area (Å²) in [4.78, 5) is 9.83. The van der Waals surface area contributed by atoms with Crippen molar-refractivity contribution in [2.75, 3.05) is 11.9 Å². The van der Waals surface area contributed by atoms with Gasteiger partial charge in [0.1, 0.15) is 11.2 Å². The molecule has 0 unspecified atom stereocenters. The maximum Gasteiger partial charge on any atom is 0.296 e. The molecule has 0 bridgehead atoms. The van der Waals surface area contributed by atoms with Crippen LogP contribution in [0.5, 0.6) is 0 Å². The predicted molar refractivity (Wildman–Crippen MR) is 50.8 cm³/mol. The lowest BCUT2D eigenvalue weighted by molar-refractivity contribution is -0.106. The Hall–Kier alpha value is -1.40. The zero-order chi connectivity index (χ0) is 10.6. The van der Waals surface area contributed by atoms with Gasteiger partial charge in [0.05, 0.1) is 12.2 Å². The third-order valence-electron chi connectivity index (χ3n) is 1.54. The Morgan fingerprint density at radius 1 is 1.36 bits per heavy atom. The fourth-order valence-corrected chi connectivity index (χ4v) is 1.66. The molecule has 0 aliphatic carbocycles. The maximum absolute atomic E-state index is 10.8. The van der Waals surface area contributed by atoms with Gasteiger partial charge in [0, 0.05) is 0 Å². The molecule has 0 spiro atoms. The van der Waals surface area contributed by atoms with Crippen LogP contribution >= 0.6 is 0 Å². The second kappa shape index (κ2) is 4.21. The first-order chi connectivity index (χ1) is 6.55. The molecule has 0 fully saturated rings. The molecule has 76 valence electrons. The summed E-state index contributed by atoms with van der Waals surface area (Å²) in [6, 6.07) is 5.80. The highest BCUT2D eigenvalue weighted by atomic mass is 32.2. The highest BCUT2D eigenvalue weighted by Crippen LogP contribution is 2.19. The number of carbonyl (C=O) groups is 1. The lowest BCUT2D eigenvalue weighted by atomic mass is 10.3. The second-order valence-corrected chi connectivity index (χ2v) is 3.91. The summed E-state index contributed by atoms with van der Waals surface area (Å²) in [7, 11) is -4.24. The zero-order valence-corrected chi connectivity index (χ0v) is 7.99. The van der Waals surface area contributed by atoms with Crippen molar-refractivity contribution in [3.8, 4) is 0 Å². The fraction of sp³-hybridized carbons (Fsp3) is 0.125. The molecule has 0 atom stereocenters. The van der Waals surface area contributed by atoms with Crippen LogP contribution in [0.25, 0.3) is 0 Å². The van der Waals surface area contributed by atoms with E-state index in [0.29, 0.717) is 6.29 Å². The first kappa shape index (κ1) is 10.7. The molecule has 1 aromatic rings. The van der Waals surface area contributed by atoms with Crippen LogP contribution in [-0.4, -0.2) is 25.8 Å². The molecule has 2 N–H and O–H groups in total. The van der Waals surface area contributed by atoms with Crippen molar-refractivity contribution in [2.24, 2.45) is 0 Å². The Morgan fingerprint density at radius 2 is 2.00 bits per heavy atom. The first-order valence-corrected chi connectivity index (χ1v) is 5.23. The summed E-state index contributed by atoms with van der Waals surface area (Å²) in [5, 5.41) is 2.56. The van der Waals surface area contributed by atoms with Crippen LogP contribution in [-0.2, 0) is 14.9 Å². The Bertz CT molecular complexity index is 427. The predicted octanol–water partition coefficient (Wildman–Crippen LogP) is 0.544. The van der Waals surface area contributed by atoms with E-state index in [1.807, 2.05) is 0 Å². The number of aldehydes is 1. The molecular formula is C8H9NO4S. The first-order valence-electron chi connectivity index (χ1n) is 3.79. The van der Waals surface area contributed by atoms with Crippen molar-refractivity contribution < 1.29 is 17.8 Å². The zero-order valence-electron chi connectivity index (χ0n) is 7.17. The van der Waals surface area contributed by atoms with Crippen LogP contribution in [0.15, 0.2) is 29.2 Å². The van der Waals surface area contributed by atoms with E-state index in [9.17, 15) is 13.2 Å². The van der Waals surface area contributed by atoms with Crippen molar-refractivity contribution in [3.05, 3.63) is 24.3 Å². The molecule has 0 saturated carbocycles. The minimum Gasteiger partial charge on any atom is -0.377 e. The van der Waals surface area contributed by atoms with Gasteiger partial charge in [-0.2, -0.15) is 8.42 Å². The van der Waals surface area contributed by atoms with E-state index in [0.717, 1.165) is 0 Å². The van der Waals surface area contributed by atoms with Crippen LogP contribution in [0, 0.1) is 0 Å². The average molecular weight is 215 g/mol. The number of para-hydroxylation sites is 1. The Labute approximate surface area is 81.5 Å². The molecule has 0 radical (unpaired) electrons. The summed E-state index contributed by atoms with van der Waals surface area (Å²) < 4.78 is 30.5. The number of hydrogen-bond acceptors (Lipinski definition) is 4. The Kier molecular flexibility index (Phi) is 3.21. The quantitative estimate of drug-likeness (QED) is 0.566. The van der Waals surface area contributed by atoms with E-state index < -0.39 is 10.1 Å². The van der Waals surface area contributed by atoms with Crippen molar-refractivity contribution in [2.45, 2.75) is 4.90 Å². The molecule has 14 heavy (non-hydrogen) atoms.